The van der Waals surface area contributed by atoms with E-state index in [4.69, 9.17) is 0 Å². The van der Waals surface area contributed by atoms with Crippen LogP contribution >= 0.6 is 15.9 Å². The molecule has 1 rings (SSSR count). The molecule has 0 aliphatic carbocycles. The second-order valence-corrected chi connectivity index (χ2v) is 2.64. The van der Waals surface area contributed by atoms with E-state index in [1.165, 1.54) is 6.07 Å². The quantitative estimate of drug-likeness (QED) is 0.689. The van der Waals surface area contributed by atoms with Crippen molar-refractivity contribution in [2.75, 3.05) is 0 Å². The number of pyridine rings is 1. The van der Waals surface area contributed by atoms with Crippen molar-refractivity contribution < 1.29 is 0 Å². The van der Waals surface area contributed by atoms with Gasteiger partial charge in [-0.25, -0.2) is 0 Å². The van der Waals surface area contributed by atoms with E-state index in [1.807, 2.05) is 6.92 Å². The minimum atomic E-state index is 0.0909. The highest BCUT2D eigenvalue weighted by molar-refractivity contribution is 9.08. The first-order valence-electron chi connectivity index (χ1n) is 2.99. The van der Waals surface area contributed by atoms with Gasteiger partial charge in [-0.05, 0) is 6.92 Å². The minimum absolute atomic E-state index is 0.0909. The number of alkyl halides is 1. The largest absolute Gasteiger partial charge is 0.365 e. The van der Waals surface area contributed by atoms with Crippen molar-refractivity contribution in [3.8, 4) is 0 Å². The van der Waals surface area contributed by atoms with Crippen LogP contribution in [0.4, 0.5) is 0 Å². The Morgan fingerprint density at radius 1 is 1.70 bits per heavy atom. The molecule has 3 heteroatoms. The Hall–Kier alpha value is -0.570. The molecule has 0 fully saturated rings. The summed E-state index contributed by atoms with van der Waals surface area (Å²) in [5.74, 6) is 0. The zero-order chi connectivity index (χ0) is 7.56. The van der Waals surface area contributed by atoms with Crippen molar-refractivity contribution in [1.82, 2.24) is 4.98 Å². The lowest BCUT2D eigenvalue weighted by Gasteiger charge is -1.97. The molecule has 0 bridgehead atoms. The van der Waals surface area contributed by atoms with Crippen molar-refractivity contribution >= 4 is 15.9 Å². The lowest BCUT2D eigenvalue weighted by molar-refractivity contribution is 1.12. The number of hydrogen-bond donors (Lipinski definition) is 1. The van der Waals surface area contributed by atoms with E-state index in [1.54, 1.807) is 6.20 Å². The van der Waals surface area contributed by atoms with E-state index < -0.39 is 0 Å². The number of hydrogen-bond acceptors (Lipinski definition) is 1. The van der Waals surface area contributed by atoms with Crippen LogP contribution < -0.4 is 5.43 Å². The van der Waals surface area contributed by atoms with Crippen LogP contribution in [0.5, 0.6) is 0 Å². The molecule has 1 aromatic heterocycles. The molecule has 0 saturated carbocycles. The van der Waals surface area contributed by atoms with E-state index in [9.17, 15) is 4.79 Å². The van der Waals surface area contributed by atoms with Gasteiger partial charge in [-0.2, -0.15) is 0 Å². The zero-order valence-corrected chi connectivity index (χ0v) is 7.23. The first-order valence-corrected chi connectivity index (χ1v) is 4.11. The maximum Gasteiger partial charge on any atom is 0.185 e. The molecule has 10 heavy (non-hydrogen) atoms. The molecule has 0 spiro atoms. The van der Waals surface area contributed by atoms with Crippen LogP contribution in [-0.4, -0.2) is 4.98 Å². The Labute approximate surface area is 67.4 Å². The monoisotopic (exact) mass is 201 g/mol. The fourth-order valence-corrected chi connectivity index (χ4v) is 1.48. The fourth-order valence-electron chi connectivity index (χ4n) is 0.781. The number of aromatic nitrogens is 1. The molecule has 1 heterocycles. The van der Waals surface area contributed by atoms with Gasteiger partial charge >= 0.3 is 0 Å². The normalized spacial score (nSPS) is 9.80. The predicted octanol–water partition coefficient (Wildman–Crippen LogP) is 1.58. The van der Waals surface area contributed by atoms with Crippen LogP contribution in [-0.2, 0) is 5.33 Å². The average molecular weight is 202 g/mol. The van der Waals surface area contributed by atoms with Gasteiger partial charge in [0.1, 0.15) is 0 Å². The van der Waals surface area contributed by atoms with E-state index >= 15 is 0 Å². The molecule has 1 N–H and O–H groups in total. The number of rotatable bonds is 1. The summed E-state index contributed by atoms with van der Waals surface area (Å²) in [6.07, 6.45) is 1.66. The van der Waals surface area contributed by atoms with Crippen LogP contribution in [0.2, 0.25) is 0 Å². The van der Waals surface area contributed by atoms with Gasteiger partial charge < -0.3 is 4.98 Å². The van der Waals surface area contributed by atoms with Crippen molar-refractivity contribution in [3.05, 3.63) is 33.7 Å². The van der Waals surface area contributed by atoms with E-state index in [-0.39, 0.29) is 5.43 Å². The van der Waals surface area contributed by atoms with E-state index in [0.29, 0.717) is 5.33 Å². The average Bonchev–Trinajstić information content (AvgIpc) is 1.88. The van der Waals surface area contributed by atoms with Crippen molar-refractivity contribution in [2.45, 2.75) is 12.3 Å². The molecule has 0 unspecified atom stereocenters. The second-order valence-electron chi connectivity index (χ2n) is 2.08. The summed E-state index contributed by atoms with van der Waals surface area (Å²) >= 11 is 3.24. The third kappa shape index (κ3) is 1.29. The lowest BCUT2D eigenvalue weighted by atomic mass is 10.2. The second kappa shape index (κ2) is 3.01. The third-order valence-electron chi connectivity index (χ3n) is 1.42. The molecule has 0 radical (unpaired) electrons. The SMILES string of the molecule is Cc1[nH]ccc(=O)c1CBr. The predicted molar refractivity (Wildman–Crippen MR) is 44.4 cm³/mol. The van der Waals surface area contributed by atoms with Gasteiger partial charge in [-0.3, -0.25) is 4.79 Å². The Bertz CT molecular complexity index is 279. The number of H-pyrrole nitrogens is 1. The molecule has 1 aromatic rings. The summed E-state index contributed by atoms with van der Waals surface area (Å²) in [4.78, 5) is 14.0. The molecule has 0 aliphatic rings. The molecule has 0 aromatic carbocycles. The highest BCUT2D eigenvalue weighted by atomic mass is 79.9. The summed E-state index contributed by atoms with van der Waals surface area (Å²) in [6, 6.07) is 1.53. The molecule has 2 nitrogen and oxygen atoms in total. The van der Waals surface area contributed by atoms with Gasteiger partial charge in [0.05, 0.1) is 0 Å². The zero-order valence-electron chi connectivity index (χ0n) is 5.65. The Balaban J connectivity index is 3.31. The van der Waals surface area contributed by atoms with Crippen molar-refractivity contribution in [2.24, 2.45) is 0 Å². The van der Waals surface area contributed by atoms with Crippen LogP contribution in [0.1, 0.15) is 11.3 Å². The Kier molecular flexibility index (Phi) is 2.27. The third-order valence-corrected chi connectivity index (χ3v) is 1.98. The van der Waals surface area contributed by atoms with Gasteiger partial charge in [0.25, 0.3) is 0 Å². The summed E-state index contributed by atoms with van der Waals surface area (Å²) in [7, 11) is 0. The molecular formula is C7H8BrNO. The number of halogens is 1. The van der Waals surface area contributed by atoms with Crippen LogP contribution in [0.25, 0.3) is 0 Å². The van der Waals surface area contributed by atoms with Gasteiger partial charge in [0.15, 0.2) is 5.43 Å². The molecular weight excluding hydrogens is 194 g/mol. The number of aryl methyl sites for hydroxylation is 1. The maximum absolute atomic E-state index is 11.0. The molecule has 0 aliphatic heterocycles. The van der Waals surface area contributed by atoms with E-state index in [0.717, 1.165) is 11.3 Å². The first kappa shape index (κ1) is 7.54. The Morgan fingerprint density at radius 2 is 2.40 bits per heavy atom. The van der Waals surface area contributed by atoms with Gasteiger partial charge in [0.2, 0.25) is 0 Å². The fraction of sp³-hybridized carbons (Fsp3) is 0.286. The van der Waals surface area contributed by atoms with Crippen LogP contribution in [0.3, 0.4) is 0 Å². The molecule has 54 valence electrons. The standard InChI is InChI=1S/C7H8BrNO/c1-5-6(4-8)7(10)2-3-9-5/h2-3H,4H2,1H3,(H,9,10). The number of nitrogens with one attached hydrogen (secondary N) is 1. The van der Waals surface area contributed by atoms with Crippen LogP contribution in [0.15, 0.2) is 17.1 Å². The molecule has 0 amide bonds. The van der Waals surface area contributed by atoms with E-state index in [2.05, 4.69) is 20.9 Å². The van der Waals surface area contributed by atoms with Crippen molar-refractivity contribution in [1.29, 1.82) is 0 Å². The summed E-state index contributed by atoms with van der Waals surface area (Å²) in [5, 5.41) is 0.620. The minimum Gasteiger partial charge on any atom is -0.365 e. The van der Waals surface area contributed by atoms with Gasteiger partial charge in [-0.15, -0.1) is 0 Å². The summed E-state index contributed by atoms with van der Waals surface area (Å²) in [6.45, 7) is 1.89. The van der Waals surface area contributed by atoms with Gasteiger partial charge in [-0.1, -0.05) is 15.9 Å². The molecule has 0 saturated heterocycles. The highest BCUT2D eigenvalue weighted by Gasteiger charge is 1.98. The Morgan fingerprint density at radius 3 is 2.80 bits per heavy atom. The topological polar surface area (TPSA) is 32.9 Å². The van der Waals surface area contributed by atoms with Crippen molar-refractivity contribution in [3.63, 3.8) is 0 Å². The smallest absolute Gasteiger partial charge is 0.185 e. The van der Waals surface area contributed by atoms with Crippen LogP contribution in [0, 0.1) is 6.92 Å². The number of aromatic amines is 1. The lowest BCUT2D eigenvalue weighted by Crippen LogP contribution is -2.08. The summed E-state index contributed by atoms with van der Waals surface area (Å²) in [5.41, 5.74) is 1.83. The first-order chi connectivity index (χ1) is 4.75. The summed E-state index contributed by atoms with van der Waals surface area (Å²) < 4.78 is 0. The van der Waals surface area contributed by atoms with Gasteiger partial charge in [0, 0.05) is 28.9 Å². The maximum atomic E-state index is 11.0. The highest BCUT2D eigenvalue weighted by Crippen LogP contribution is 2.02. The molecule has 0 atom stereocenters.